The molecule has 0 aliphatic carbocycles. The molecule has 2 aromatic rings. The van der Waals surface area contributed by atoms with Gasteiger partial charge in [-0.15, -0.1) is 0 Å². The quantitative estimate of drug-likeness (QED) is 0.514. The number of oxime groups is 1. The molecule has 3 nitrogen and oxygen atoms in total. The second-order valence-corrected chi connectivity index (χ2v) is 3.96. The lowest BCUT2D eigenvalue weighted by Crippen LogP contribution is -1.96. The molecule has 0 amide bonds. The number of ether oxygens (including phenoxy) is 1. The minimum Gasteiger partial charge on any atom is -0.497 e. The molecule has 0 spiro atoms. The summed E-state index contributed by atoms with van der Waals surface area (Å²) in [4.78, 5) is 0. The van der Waals surface area contributed by atoms with Gasteiger partial charge in [0, 0.05) is 5.56 Å². The maximum absolute atomic E-state index is 9.09. The van der Waals surface area contributed by atoms with E-state index in [2.05, 4.69) is 5.16 Å². The van der Waals surface area contributed by atoms with Crippen LogP contribution in [0.4, 0.5) is 0 Å². The van der Waals surface area contributed by atoms with E-state index in [0.29, 0.717) is 5.71 Å². The monoisotopic (exact) mass is 253 g/mol. The lowest BCUT2D eigenvalue weighted by molar-refractivity contribution is 0.320. The van der Waals surface area contributed by atoms with Crippen molar-refractivity contribution in [3.8, 4) is 5.75 Å². The van der Waals surface area contributed by atoms with Crippen molar-refractivity contribution in [1.29, 1.82) is 0 Å². The van der Waals surface area contributed by atoms with Crippen LogP contribution >= 0.6 is 0 Å². The van der Waals surface area contributed by atoms with Crippen LogP contribution in [0.2, 0.25) is 0 Å². The third-order valence-electron chi connectivity index (χ3n) is 2.73. The Hall–Kier alpha value is -2.55. The Morgan fingerprint density at radius 2 is 1.74 bits per heavy atom. The van der Waals surface area contributed by atoms with E-state index in [1.807, 2.05) is 60.7 Å². The number of allylic oxidation sites excluding steroid dienone is 1. The summed E-state index contributed by atoms with van der Waals surface area (Å²) in [5, 5.41) is 12.4. The van der Waals surface area contributed by atoms with E-state index in [1.165, 1.54) is 0 Å². The van der Waals surface area contributed by atoms with Crippen molar-refractivity contribution in [3.63, 3.8) is 0 Å². The Balaban J connectivity index is 2.18. The lowest BCUT2D eigenvalue weighted by atomic mass is 10.1. The molecule has 0 bridgehead atoms. The highest BCUT2D eigenvalue weighted by molar-refractivity contribution is 6.10. The molecule has 0 unspecified atom stereocenters. The fraction of sp³-hybridized carbons (Fsp3) is 0.0625. The lowest BCUT2D eigenvalue weighted by Gasteiger charge is -2.02. The van der Waals surface area contributed by atoms with Crippen LogP contribution in [0.5, 0.6) is 5.75 Å². The minimum absolute atomic E-state index is 0.506. The van der Waals surface area contributed by atoms with Gasteiger partial charge in [0.05, 0.1) is 7.11 Å². The highest BCUT2D eigenvalue weighted by Gasteiger charge is 2.00. The van der Waals surface area contributed by atoms with Gasteiger partial charge < -0.3 is 9.94 Å². The van der Waals surface area contributed by atoms with Crippen molar-refractivity contribution < 1.29 is 9.94 Å². The average molecular weight is 253 g/mol. The van der Waals surface area contributed by atoms with Crippen LogP contribution in [-0.4, -0.2) is 18.0 Å². The molecule has 2 rings (SSSR count). The maximum atomic E-state index is 9.09. The smallest absolute Gasteiger partial charge is 0.118 e. The number of nitrogens with zero attached hydrogens (tertiary/aromatic N) is 1. The van der Waals surface area contributed by atoms with Crippen LogP contribution in [-0.2, 0) is 0 Å². The number of methoxy groups -OCH3 is 1. The summed E-state index contributed by atoms with van der Waals surface area (Å²) < 4.78 is 5.09. The molecule has 0 saturated heterocycles. The Morgan fingerprint density at radius 3 is 2.32 bits per heavy atom. The molecule has 19 heavy (non-hydrogen) atoms. The first kappa shape index (κ1) is 12.9. The summed E-state index contributed by atoms with van der Waals surface area (Å²) in [6, 6.07) is 17.2. The largest absolute Gasteiger partial charge is 0.497 e. The SMILES string of the molecule is COc1ccc(C(/C=C/c2ccccc2)=N\O)cc1. The van der Waals surface area contributed by atoms with Crippen LogP contribution in [0.1, 0.15) is 11.1 Å². The van der Waals surface area contributed by atoms with Crippen molar-refractivity contribution in [2.45, 2.75) is 0 Å². The number of benzene rings is 2. The van der Waals surface area contributed by atoms with Crippen molar-refractivity contribution in [3.05, 3.63) is 71.8 Å². The molecule has 0 aliphatic heterocycles. The molecule has 0 atom stereocenters. The highest BCUT2D eigenvalue weighted by Crippen LogP contribution is 2.13. The first-order valence-electron chi connectivity index (χ1n) is 5.93. The molecule has 3 heteroatoms. The topological polar surface area (TPSA) is 41.8 Å². The second-order valence-electron chi connectivity index (χ2n) is 3.96. The van der Waals surface area contributed by atoms with E-state index < -0.39 is 0 Å². The van der Waals surface area contributed by atoms with Crippen LogP contribution < -0.4 is 4.74 Å². The Morgan fingerprint density at radius 1 is 1.05 bits per heavy atom. The first-order chi connectivity index (χ1) is 9.33. The molecule has 0 saturated carbocycles. The van der Waals surface area contributed by atoms with Gasteiger partial charge in [-0.1, -0.05) is 41.6 Å². The molecule has 2 aromatic carbocycles. The van der Waals surface area contributed by atoms with E-state index in [-0.39, 0.29) is 0 Å². The zero-order valence-corrected chi connectivity index (χ0v) is 10.7. The van der Waals surface area contributed by atoms with Gasteiger partial charge in [0.15, 0.2) is 0 Å². The van der Waals surface area contributed by atoms with Crippen LogP contribution in [0.3, 0.4) is 0 Å². The van der Waals surface area contributed by atoms with Gasteiger partial charge in [-0.25, -0.2) is 0 Å². The van der Waals surface area contributed by atoms with Gasteiger partial charge in [0.1, 0.15) is 11.5 Å². The van der Waals surface area contributed by atoms with E-state index >= 15 is 0 Å². The Bertz CT molecular complexity index is 571. The third-order valence-corrected chi connectivity index (χ3v) is 2.73. The molecular formula is C16H15NO2. The number of hydrogen-bond donors (Lipinski definition) is 1. The van der Waals surface area contributed by atoms with Gasteiger partial charge >= 0.3 is 0 Å². The molecule has 0 fully saturated rings. The molecule has 96 valence electrons. The van der Waals surface area contributed by atoms with E-state index in [4.69, 9.17) is 9.94 Å². The summed E-state index contributed by atoms with van der Waals surface area (Å²) in [6.45, 7) is 0. The zero-order valence-electron chi connectivity index (χ0n) is 10.7. The van der Waals surface area contributed by atoms with E-state index in [1.54, 1.807) is 13.2 Å². The van der Waals surface area contributed by atoms with Crippen molar-refractivity contribution in [1.82, 2.24) is 0 Å². The van der Waals surface area contributed by atoms with Crippen LogP contribution in [0, 0.1) is 0 Å². The number of rotatable bonds is 4. The third kappa shape index (κ3) is 3.45. The fourth-order valence-electron chi connectivity index (χ4n) is 1.69. The summed E-state index contributed by atoms with van der Waals surface area (Å²) >= 11 is 0. The van der Waals surface area contributed by atoms with Gasteiger partial charge in [0.2, 0.25) is 0 Å². The maximum Gasteiger partial charge on any atom is 0.118 e. The highest BCUT2D eigenvalue weighted by atomic mass is 16.5. The van der Waals surface area contributed by atoms with E-state index in [0.717, 1.165) is 16.9 Å². The van der Waals surface area contributed by atoms with Gasteiger partial charge in [-0.3, -0.25) is 0 Å². The van der Waals surface area contributed by atoms with Crippen molar-refractivity contribution in [2.75, 3.05) is 7.11 Å². The van der Waals surface area contributed by atoms with Crippen molar-refractivity contribution >= 4 is 11.8 Å². The first-order valence-corrected chi connectivity index (χ1v) is 5.93. The zero-order chi connectivity index (χ0) is 13.5. The Labute approximate surface area is 112 Å². The summed E-state index contributed by atoms with van der Waals surface area (Å²) in [6.07, 6.45) is 3.68. The van der Waals surface area contributed by atoms with Crippen LogP contribution in [0.15, 0.2) is 65.8 Å². The van der Waals surface area contributed by atoms with Crippen molar-refractivity contribution in [2.24, 2.45) is 5.16 Å². The Kier molecular flexibility index (Phi) is 4.34. The normalized spacial score (nSPS) is 11.7. The van der Waals surface area contributed by atoms with Gasteiger partial charge in [-0.2, -0.15) is 0 Å². The molecule has 0 heterocycles. The van der Waals surface area contributed by atoms with E-state index in [9.17, 15) is 0 Å². The van der Waals surface area contributed by atoms with Crippen LogP contribution in [0.25, 0.3) is 6.08 Å². The molecular weight excluding hydrogens is 238 g/mol. The minimum atomic E-state index is 0.506. The molecule has 0 aliphatic rings. The predicted octanol–water partition coefficient (Wildman–Crippen LogP) is 3.59. The molecule has 1 N–H and O–H groups in total. The number of hydrogen-bond acceptors (Lipinski definition) is 3. The fourth-order valence-corrected chi connectivity index (χ4v) is 1.69. The predicted molar refractivity (Wildman–Crippen MR) is 76.8 cm³/mol. The summed E-state index contributed by atoms with van der Waals surface area (Å²) in [5.41, 5.74) is 2.39. The molecule has 0 aromatic heterocycles. The standard InChI is InChI=1S/C16H15NO2/c1-19-15-10-8-14(9-11-15)16(17-18)12-7-13-5-3-2-4-6-13/h2-12,18H,1H3/b12-7+,17-16-. The summed E-state index contributed by atoms with van der Waals surface area (Å²) in [5.74, 6) is 0.771. The average Bonchev–Trinajstić information content (AvgIpc) is 2.49. The summed E-state index contributed by atoms with van der Waals surface area (Å²) in [7, 11) is 1.62. The van der Waals surface area contributed by atoms with Gasteiger partial charge in [0.25, 0.3) is 0 Å². The van der Waals surface area contributed by atoms with Gasteiger partial charge in [-0.05, 0) is 35.9 Å². The second kappa shape index (κ2) is 6.40. The molecule has 0 radical (unpaired) electrons.